The number of sulfonamides is 1. The quantitative estimate of drug-likeness (QED) is 0.587. The SMILES string of the molecule is CN(CC(=O)N[C@@H](CO)C(=O)O)S(=O)(=O)c1cccs1. The second kappa shape index (κ2) is 6.79. The summed E-state index contributed by atoms with van der Waals surface area (Å²) in [6.45, 7) is -1.31. The molecule has 0 fully saturated rings. The third-order valence-corrected chi connectivity index (χ3v) is 5.52. The number of carbonyl (C=O) groups excluding carboxylic acids is 1. The fourth-order valence-electron chi connectivity index (χ4n) is 1.28. The van der Waals surface area contributed by atoms with Crippen molar-refractivity contribution in [3.63, 3.8) is 0 Å². The third-order valence-electron chi connectivity index (χ3n) is 2.34. The number of hydrogen-bond donors (Lipinski definition) is 3. The Balaban J connectivity index is 2.69. The van der Waals surface area contributed by atoms with Gasteiger partial charge in [-0.3, -0.25) is 4.79 Å². The number of carboxylic acids is 1. The van der Waals surface area contributed by atoms with Gasteiger partial charge >= 0.3 is 5.97 Å². The molecule has 1 atom stereocenters. The molecular formula is C10H14N2O6S2. The predicted molar refractivity (Wildman–Crippen MR) is 70.8 cm³/mol. The van der Waals surface area contributed by atoms with Crippen LogP contribution in [0.2, 0.25) is 0 Å². The average Bonchev–Trinajstić information content (AvgIpc) is 2.89. The molecule has 1 aromatic rings. The number of aliphatic hydroxyl groups excluding tert-OH is 1. The second-order valence-electron chi connectivity index (χ2n) is 3.83. The zero-order chi connectivity index (χ0) is 15.3. The van der Waals surface area contributed by atoms with Crippen LogP contribution in [0.1, 0.15) is 0 Å². The van der Waals surface area contributed by atoms with Crippen molar-refractivity contribution >= 4 is 33.2 Å². The number of aliphatic hydroxyl groups is 1. The van der Waals surface area contributed by atoms with Gasteiger partial charge < -0.3 is 15.5 Å². The largest absolute Gasteiger partial charge is 0.480 e. The van der Waals surface area contributed by atoms with Gasteiger partial charge in [0.15, 0.2) is 0 Å². The van der Waals surface area contributed by atoms with Crippen LogP contribution in [0.4, 0.5) is 0 Å². The Morgan fingerprint density at radius 3 is 2.60 bits per heavy atom. The molecule has 1 aromatic heterocycles. The molecule has 20 heavy (non-hydrogen) atoms. The van der Waals surface area contributed by atoms with Crippen LogP contribution >= 0.6 is 11.3 Å². The standard InChI is InChI=1S/C10H14N2O6S2/c1-12(20(17,18)9-3-2-4-19-9)5-8(14)11-7(6-13)10(15)16/h2-4,7,13H,5-6H2,1H3,(H,11,14)(H,15,16)/t7-/m0/s1. The summed E-state index contributed by atoms with van der Waals surface area (Å²) >= 11 is 1.01. The van der Waals surface area contributed by atoms with E-state index in [1.54, 1.807) is 11.4 Å². The number of nitrogens with one attached hydrogen (secondary N) is 1. The van der Waals surface area contributed by atoms with E-state index in [0.717, 1.165) is 15.6 Å². The molecule has 10 heteroatoms. The fourth-order valence-corrected chi connectivity index (χ4v) is 3.60. The van der Waals surface area contributed by atoms with E-state index in [2.05, 4.69) is 0 Å². The van der Waals surface area contributed by atoms with Gasteiger partial charge in [0, 0.05) is 7.05 Å². The summed E-state index contributed by atoms with van der Waals surface area (Å²) in [4.78, 5) is 22.2. The lowest BCUT2D eigenvalue weighted by Crippen LogP contribution is -2.47. The number of nitrogens with zero attached hydrogens (tertiary/aromatic N) is 1. The molecule has 0 saturated heterocycles. The first kappa shape index (κ1) is 16.6. The number of amides is 1. The summed E-state index contributed by atoms with van der Waals surface area (Å²) in [6.07, 6.45) is 0. The topological polar surface area (TPSA) is 124 Å². The first-order valence-corrected chi connectivity index (χ1v) is 7.74. The Morgan fingerprint density at radius 1 is 1.50 bits per heavy atom. The third kappa shape index (κ3) is 4.00. The minimum atomic E-state index is -3.77. The Labute approximate surface area is 119 Å². The second-order valence-corrected chi connectivity index (χ2v) is 7.05. The van der Waals surface area contributed by atoms with Gasteiger partial charge in [-0.05, 0) is 11.4 Å². The number of rotatable bonds is 7. The van der Waals surface area contributed by atoms with Crippen molar-refractivity contribution in [2.75, 3.05) is 20.2 Å². The highest BCUT2D eigenvalue weighted by Gasteiger charge is 2.26. The summed E-state index contributed by atoms with van der Waals surface area (Å²) in [7, 11) is -2.56. The summed E-state index contributed by atoms with van der Waals surface area (Å²) < 4.78 is 24.9. The maximum Gasteiger partial charge on any atom is 0.328 e. The highest BCUT2D eigenvalue weighted by molar-refractivity contribution is 7.91. The minimum absolute atomic E-state index is 0.0877. The highest BCUT2D eigenvalue weighted by Crippen LogP contribution is 2.19. The van der Waals surface area contributed by atoms with E-state index >= 15 is 0 Å². The van der Waals surface area contributed by atoms with E-state index < -0.39 is 41.1 Å². The van der Waals surface area contributed by atoms with Crippen molar-refractivity contribution < 1.29 is 28.2 Å². The van der Waals surface area contributed by atoms with Crippen molar-refractivity contribution in [2.24, 2.45) is 0 Å². The van der Waals surface area contributed by atoms with Crippen LogP contribution in [0.15, 0.2) is 21.7 Å². The number of hydrogen-bond acceptors (Lipinski definition) is 6. The van der Waals surface area contributed by atoms with Crippen molar-refractivity contribution in [2.45, 2.75) is 10.3 Å². The number of carboxylic acid groups (broad SMARTS) is 1. The van der Waals surface area contributed by atoms with Gasteiger partial charge in [0.2, 0.25) is 5.91 Å². The molecule has 0 saturated carbocycles. The van der Waals surface area contributed by atoms with E-state index in [1.807, 2.05) is 5.32 Å². The number of likely N-dealkylation sites (N-methyl/N-ethyl adjacent to an activating group) is 1. The molecule has 0 aliphatic carbocycles. The van der Waals surface area contributed by atoms with Gasteiger partial charge in [-0.15, -0.1) is 11.3 Å². The summed E-state index contributed by atoms with van der Waals surface area (Å²) in [5, 5.41) is 21.0. The van der Waals surface area contributed by atoms with E-state index in [1.165, 1.54) is 13.1 Å². The number of carbonyl (C=O) groups is 2. The average molecular weight is 322 g/mol. The monoisotopic (exact) mass is 322 g/mol. The summed E-state index contributed by atoms with van der Waals surface area (Å²) in [5.74, 6) is -2.21. The molecule has 0 bridgehead atoms. The first-order chi connectivity index (χ1) is 9.28. The number of thiophene rings is 1. The van der Waals surface area contributed by atoms with E-state index in [0.29, 0.717) is 0 Å². The van der Waals surface area contributed by atoms with Crippen LogP contribution in [-0.2, 0) is 19.6 Å². The highest BCUT2D eigenvalue weighted by atomic mass is 32.2. The van der Waals surface area contributed by atoms with E-state index in [-0.39, 0.29) is 4.21 Å². The number of aliphatic carboxylic acids is 1. The molecule has 1 heterocycles. The normalized spacial score (nSPS) is 13.2. The summed E-state index contributed by atoms with van der Waals surface area (Å²) in [6, 6.07) is 1.51. The zero-order valence-electron chi connectivity index (χ0n) is 10.5. The molecule has 0 aromatic carbocycles. The Hall–Kier alpha value is -1.49. The van der Waals surface area contributed by atoms with Crippen molar-refractivity contribution in [1.29, 1.82) is 0 Å². The molecule has 3 N–H and O–H groups in total. The van der Waals surface area contributed by atoms with E-state index in [4.69, 9.17) is 10.2 Å². The smallest absolute Gasteiger partial charge is 0.328 e. The molecule has 0 aliphatic rings. The Morgan fingerprint density at radius 2 is 2.15 bits per heavy atom. The maximum absolute atomic E-state index is 12.0. The molecule has 0 aliphatic heterocycles. The molecule has 0 radical (unpaired) electrons. The predicted octanol–water partition coefficient (Wildman–Crippen LogP) is -1.07. The molecule has 1 amide bonds. The van der Waals surface area contributed by atoms with Crippen LogP contribution in [0.3, 0.4) is 0 Å². The molecule has 0 spiro atoms. The molecule has 0 unspecified atom stereocenters. The van der Waals surface area contributed by atoms with Crippen LogP contribution in [0.25, 0.3) is 0 Å². The van der Waals surface area contributed by atoms with Gasteiger partial charge in [0.05, 0.1) is 13.2 Å². The van der Waals surface area contributed by atoms with Crippen molar-refractivity contribution in [1.82, 2.24) is 9.62 Å². The van der Waals surface area contributed by atoms with Crippen molar-refractivity contribution in [3.8, 4) is 0 Å². The first-order valence-electron chi connectivity index (χ1n) is 5.42. The Kier molecular flexibility index (Phi) is 5.62. The molecule has 8 nitrogen and oxygen atoms in total. The maximum atomic E-state index is 12.0. The van der Waals surface area contributed by atoms with Gasteiger partial charge in [0.1, 0.15) is 10.3 Å². The lowest BCUT2D eigenvalue weighted by Gasteiger charge is -2.17. The lowest BCUT2D eigenvalue weighted by molar-refractivity contribution is -0.142. The van der Waals surface area contributed by atoms with Crippen LogP contribution in [0.5, 0.6) is 0 Å². The molecule has 1 rings (SSSR count). The van der Waals surface area contributed by atoms with Crippen LogP contribution in [-0.4, -0.2) is 61.1 Å². The van der Waals surface area contributed by atoms with Crippen molar-refractivity contribution in [3.05, 3.63) is 17.5 Å². The van der Waals surface area contributed by atoms with Gasteiger partial charge in [0.25, 0.3) is 10.0 Å². The molecule has 112 valence electrons. The Bertz CT molecular complexity index is 569. The van der Waals surface area contributed by atoms with Gasteiger partial charge in [-0.1, -0.05) is 6.07 Å². The molecular weight excluding hydrogens is 308 g/mol. The van der Waals surface area contributed by atoms with Gasteiger partial charge in [-0.25, -0.2) is 13.2 Å². The van der Waals surface area contributed by atoms with Crippen LogP contribution < -0.4 is 5.32 Å². The van der Waals surface area contributed by atoms with E-state index in [9.17, 15) is 18.0 Å². The summed E-state index contributed by atoms with van der Waals surface area (Å²) in [5.41, 5.74) is 0. The van der Waals surface area contributed by atoms with Gasteiger partial charge in [-0.2, -0.15) is 4.31 Å². The fraction of sp³-hybridized carbons (Fsp3) is 0.400. The minimum Gasteiger partial charge on any atom is -0.480 e. The zero-order valence-corrected chi connectivity index (χ0v) is 12.1. The lowest BCUT2D eigenvalue weighted by atomic mass is 10.3. The van der Waals surface area contributed by atoms with Crippen LogP contribution in [0, 0.1) is 0 Å².